The van der Waals surface area contributed by atoms with Crippen molar-refractivity contribution < 1.29 is 9.90 Å². The summed E-state index contributed by atoms with van der Waals surface area (Å²) in [6.07, 6.45) is 5.77. The molecular formula is C12H23NO2. The Morgan fingerprint density at radius 3 is 2.73 bits per heavy atom. The molecule has 0 amide bonds. The highest BCUT2D eigenvalue weighted by Crippen LogP contribution is 2.47. The first-order valence-corrected chi connectivity index (χ1v) is 6.00. The van der Waals surface area contributed by atoms with Crippen molar-refractivity contribution in [1.29, 1.82) is 0 Å². The van der Waals surface area contributed by atoms with Crippen LogP contribution in [0.25, 0.3) is 0 Å². The molecule has 0 heterocycles. The zero-order valence-electron chi connectivity index (χ0n) is 9.83. The number of aliphatic carboxylic acids is 1. The summed E-state index contributed by atoms with van der Waals surface area (Å²) >= 11 is 0. The van der Waals surface area contributed by atoms with Crippen LogP contribution in [0.2, 0.25) is 0 Å². The summed E-state index contributed by atoms with van der Waals surface area (Å²) in [6.45, 7) is 4.12. The molecule has 3 heteroatoms. The third kappa shape index (κ3) is 2.51. The van der Waals surface area contributed by atoms with E-state index in [1.807, 2.05) is 6.92 Å². The predicted molar refractivity (Wildman–Crippen MR) is 60.6 cm³/mol. The fourth-order valence-corrected chi connectivity index (χ4v) is 3.22. The monoisotopic (exact) mass is 213 g/mol. The van der Waals surface area contributed by atoms with Crippen LogP contribution in [0.4, 0.5) is 0 Å². The van der Waals surface area contributed by atoms with Gasteiger partial charge in [0.2, 0.25) is 0 Å². The molecule has 3 unspecified atom stereocenters. The second-order valence-electron chi connectivity index (χ2n) is 4.94. The number of carbonyl (C=O) groups is 1. The summed E-state index contributed by atoms with van der Waals surface area (Å²) in [5.41, 5.74) is 5.90. The largest absolute Gasteiger partial charge is 0.481 e. The molecule has 0 aliphatic heterocycles. The Balaban J connectivity index is 2.89. The molecule has 15 heavy (non-hydrogen) atoms. The third-order valence-corrected chi connectivity index (χ3v) is 4.14. The van der Waals surface area contributed by atoms with E-state index in [4.69, 9.17) is 10.8 Å². The minimum Gasteiger partial charge on any atom is -0.481 e. The fraction of sp³-hybridized carbons (Fsp3) is 0.917. The second kappa shape index (κ2) is 4.97. The van der Waals surface area contributed by atoms with Crippen LogP contribution >= 0.6 is 0 Å². The molecule has 0 radical (unpaired) electrons. The van der Waals surface area contributed by atoms with Gasteiger partial charge in [0.05, 0.1) is 6.42 Å². The highest BCUT2D eigenvalue weighted by atomic mass is 16.4. The average Bonchev–Trinajstić information content (AvgIpc) is 2.17. The Hall–Kier alpha value is -0.570. The second-order valence-corrected chi connectivity index (χ2v) is 4.94. The van der Waals surface area contributed by atoms with Crippen LogP contribution in [-0.4, -0.2) is 17.1 Å². The van der Waals surface area contributed by atoms with Gasteiger partial charge in [0.1, 0.15) is 0 Å². The van der Waals surface area contributed by atoms with E-state index in [0.717, 1.165) is 25.7 Å². The summed E-state index contributed by atoms with van der Waals surface area (Å²) in [5, 5.41) is 9.04. The molecule has 1 saturated carbocycles. The van der Waals surface area contributed by atoms with Gasteiger partial charge in [-0.25, -0.2) is 0 Å². The Morgan fingerprint density at radius 1 is 1.60 bits per heavy atom. The molecule has 1 rings (SSSR count). The fourth-order valence-electron chi connectivity index (χ4n) is 3.22. The third-order valence-electron chi connectivity index (χ3n) is 4.14. The van der Waals surface area contributed by atoms with E-state index in [9.17, 15) is 4.79 Å². The van der Waals surface area contributed by atoms with Crippen LogP contribution in [0.1, 0.15) is 52.4 Å². The lowest BCUT2D eigenvalue weighted by Crippen LogP contribution is -2.48. The van der Waals surface area contributed by atoms with E-state index in [1.165, 1.54) is 6.42 Å². The van der Waals surface area contributed by atoms with Crippen molar-refractivity contribution in [1.82, 2.24) is 0 Å². The van der Waals surface area contributed by atoms with E-state index in [2.05, 4.69) is 6.92 Å². The van der Waals surface area contributed by atoms with Crippen LogP contribution in [0.5, 0.6) is 0 Å². The molecule has 0 aromatic heterocycles. The van der Waals surface area contributed by atoms with Gasteiger partial charge in [-0.3, -0.25) is 4.79 Å². The maximum absolute atomic E-state index is 11.0. The Kier molecular flexibility index (Phi) is 4.14. The molecule has 0 aromatic carbocycles. The van der Waals surface area contributed by atoms with E-state index in [1.54, 1.807) is 0 Å². The number of hydrogen-bond acceptors (Lipinski definition) is 2. The lowest BCUT2D eigenvalue weighted by Gasteiger charge is -2.46. The van der Waals surface area contributed by atoms with Crippen LogP contribution in [0.3, 0.4) is 0 Å². The molecule has 1 aliphatic carbocycles. The van der Waals surface area contributed by atoms with E-state index < -0.39 is 5.97 Å². The van der Waals surface area contributed by atoms with Crippen molar-refractivity contribution in [2.24, 2.45) is 17.1 Å². The first kappa shape index (κ1) is 12.5. The summed E-state index contributed by atoms with van der Waals surface area (Å²) in [4.78, 5) is 11.0. The molecule has 3 N–H and O–H groups in total. The Morgan fingerprint density at radius 2 is 2.27 bits per heavy atom. The smallest absolute Gasteiger partial charge is 0.303 e. The summed E-state index contributed by atoms with van der Waals surface area (Å²) in [7, 11) is 0. The normalized spacial score (nSPS) is 33.7. The Labute approximate surface area is 92.0 Å². The molecular weight excluding hydrogens is 190 g/mol. The highest BCUT2D eigenvalue weighted by molar-refractivity contribution is 5.68. The average molecular weight is 213 g/mol. The van der Waals surface area contributed by atoms with E-state index in [0.29, 0.717) is 5.92 Å². The molecule has 1 aliphatic rings. The van der Waals surface area contributed by atoms with Gasteiger partial charge in [-0.15, -0.1) is 0 Å². The summed E-state index contributed by atoms with van der Waals surface area (Å²) < 4.78 is 0. The molecule has 1 fully saturated rings. The van der Waals surface area contributed by atoms with Crippen molar-refractivity contribution in [3.8, 4) is 0 Å². The lowest BCUT2D eigenvalue weighted by atomic mass is 9.60. The van der Waals surface area contributed by atoms with Gasteiger partial charge in [-0.2, -0.15) is 0 Å². The van der Waals surface area contributed by atoms with Crippen molar-refractivity contribution in [3.63, 3.8) is 0 Å². The van der Waals surface area contributed by atoms with E-state index in [-0.39, 0.29) is 17.9 Å². The van der Waals surface area contributed by atoms with Crippen LogP contribution in [0, 0.1) is 11.3 Å². The lowest BCUT2D eigenvalue weighted by molar-refractivity contribution is -0.142. The molecule has 3 nitrogen and oxygen atoms in total. The number of carboxylic acids is 1. The van der Waals surface area contributed by atoms with Crippen molar-refractivity contribution >= 4 is 5.97 Å². The van der Waals surface area contributed by atoms with Crippen LogP contribution < -0.4 is 5.73 Å². The summed E-state index contributed by atoms with van der Waals surface area (Å²) in [5.74, 6) is -0.213. The molecule has 0 saturated heterocycles. The molecule has 3 atom stereocenters. The first-order valence-electron chi connectivity index (χ1n) is 6.00. The number of hydrogen-bond donors (Lipinski definition) is 2. The minimum absolute atomic E-state index is 0.0150. The van der Waals surface area contributed by atoms with Crippen molar-refractivity contribution in [2.75, 3.05) is 0 Å². The maximum Gasteiger partial charge on any atom is 0.303 e. The maximum atomic E-state index is 11.0. The molecule has 0 aromatic rings. The number of nitrogens with two attached hydrogens (primary N) is 1. The molecule has 0 spiro atoms. The van der Waals surface area contributed by atoms with Crippen LogP contribution in [0.15, 0.2) is 0 Å². The van der Waals surface area contributed by atoms with Crippen molar-refractivity contribution in [3.05, 3.63) is 0 Å². The zero-order valence-corrected chi connectivity index (χ0v) is 9.83. The van der Waals surface area contributed by atoms with Crippen LogP contribution in [-0.2, 0) is 4.79 Å². The zero-order chi connectivity index (χ0) is 11.5. The van der Waals surface area contributed by atoms with Gasteiger partial charge in [0, 0.05) is 6.04 Å². The van der Waals surface area contributed by atoms with E-state index >= 15 is 0 Å². The highest BCUT2D eigenvalue weighted by Gasteiger charge is 2.44. The molecule has 0 bridgehead atoms. The summed E-state index contributed by atoms with van der Waals surface area (Å²) in [6, 6.07) is -0.0150. The topological polar surface area (TPSA) is 63.3 Å². The number of carboxylic acid groups (broad SMARTS) is 1. The van der Waals surface area contributed by atoms with Gasteiger partial charge < -0.3 is 10.8 Å². The number of rotatable bonds is 4. The van der Waals surface area contributed by atoms with Gasteiger partial charge in [0.15, 0.2) is 0 Å². The molecule has 88 valence electrons. The van der Waals surface area contributed by atoms with Gasteiger partial charge in [-0.1, -0.05) is 26.2 Å². The first-order chi connectivity index (χ1) is 7.03. The SMILES string of the molecule is CCC1CCCCC1(CC(=O)O)C(C)N. The van der Waals surface area contributed by atoms with Gasteiger partial charge >= 0.3 is 5.97 Å². The predicted octanol–water partition coefficient (Wildman–Crippen LogP) is 2.39. The quantitative estimate of drug-likeness (QED) is 0.753. The minimum atomic E-state index is -0.701. The Bertz CT molecular complexity index is 228. The van der Waals surface area contributed by atoms with Crippen molar-refractivity contribution in [2.45, 2.75) is 58.4 Å². The van der Waals surface area contributed by atoms with Gasteiger partial charge in [-0.05, 0) is 31.1 Å². The van der Waals surface area contributed by atoms with Gasteiger partial charge in [0.25, 0.3) is 0 Å². The standard InChI is InChI=1S/C12H23NO2/c1-3-10-6-4-5-7-12(10,9(2)13)8-11(14)15/h9-10H,3-8,13H2,1-2H3,(H,14,15).